The van der Waals surface area contributed by atoms with E-state index in [1.54, 1.807) is 19.3 Å². The highest BCUT2D eigenvalue weighted by Crippen LogP contribution is 2.21. The summed E-state index contributed by atoms with van der Waals surface area (Å²) in [7, 11) is 0. The molecule has 0 bridgehead atoms. The van der Waals surface area contributed by atoms with Gasteiger partial charge >= 0.3 is 5.97 Å². The second kappa shape index (κ2) is 4.77. The molecule has 0 spiro atoms. The minimum Gasteiger partial charge on any atom is -0.475 e. The van der Waals surface area contributed by atoms with Crippen LogP contribution >= 0.6 is 0 Å². The number of imidazole rings is 1. The molecule has 0 aliphatic carbocycles. The Morgan fingerprint density at radius 3 is 2.62 bits per heavy atom. The first-order valence-electron chi connectivity index (χ1n) is 6.70. The molecule has 0 aliphatic rings. The van der Waals surface area contributed by atoms with E-state index < -0.39 is 5.97 Å². The van der Waals surface area contributed by atoms with Crippen LogP contribution in [0, 0.1) is 20.8 Å². The number of furan rings is 1. The van der Waals surface area contributed by atoms with Crippen LogP contribution in [-0.2, 0) is 6.54 Å². The van der Waals surface area contributed by atoms with Crippen molar-refractivity contribution in [2.45, 2.75) is 27.3 Å². The van der Waals surface area contributed by atoms with Crippen LogP contribution in [0.4, 0.5) is 0 Å². The third kappa shape index (κ3) is 2.31. The molecular weight excluding hydrogens is 268 g/mol. The van der Waals surface area contributed by atoms with E-state index >= 15 is 0 Å². The highest BCUT2D eigenvalue weighted by molar-refractivity contribution is 5.84. The predicted octanol–water partition coefficient (Wildman–Crippen LogP) is 3.30. The van der Waals surface area contributed by atoms with E-state index in [4.69, 9.17) is 9.52 Å². The normalized spacial score (nSPS) is 11.2. The lowest BCUT2D eigenvalue weighted by Gasteiger charge is -2.05. The summed E-state index contributed by atoms with van der Waals surface area (Å²) in [4.78, 5) is 15.4. The number of aromatic nitrogens is 2. The smallest absolute Gasteiger partial charge is 0.371 e. The molecule has 1 aromatic carbocycles. The van der Waals surface area contributed by atoms with Gasteiger partial charge in [0.1, 0.15) is 5.76 Å². The third-order valence-corrected chi connectivity index (χ3v) is 3.81. The van der Waals surface area contributed by atoms with E-state index in [1.165, 1.54) is 11.1 Å². The van der Waals surface area contributed by atoms with Crippen molar-refractivity contribution in [2.75, 3.05) is 0 Å². The van der Waals surface area contributed by atoms with Gasteiger partial charge in [0.15, 0.2) is 0 Å². The highest BCUT2D eigenvalue weighted by Gasteiger charge is 2.14. The summed E-state index contributed by atoms with van der Waals surface area (Å²) >= 11 is 0. The first-order chi connectivity index (χ1) is 9.95. The molecule has 0 saturated heterocycles. The number of aryl methyl sites for hydroxylation is 3. The Balaban J connectivity index is 2.02. The van der Waals surface area contributed by atoms with Crippen LogP contribution in [0.5, 0.6) is 0 Å². The Hall–Kier alpha value is -2.56. The van der Waals surface area contributed by atoms with Gasteiger partial charge in [0.2, 0.25) is 5.76 Å². The minimum absolute atomic E-state index is 0.0288. The van der Waals surface area contributed by atoms with E-state index in [-0.39, 0.29) is 5.76 Å². The molecule has 1 N–H and O–H groups in total. The van der Waals surface area contributed by atoms with Gasteiger partial charge in [0.25, 0.3) is 0 Å². The van der Waals surface area contributed by atoms with Gasteiger partial charge in [-0.3, -0.25) is 0 Å². The Morgan fingerprint density at radius 1 is 1.24 bits per heavy atom. The van der Waals surface area contributed by atoms with E-state index in [9.17, 15) is 4.79 Å². The maximum Gasteiger partial charge on any atom is 0.371 e. The van der Waals surface area contributed by atoms with E-state index in [0.29, 0.717) is 12.3 Å². The number of hydrogen-bond donors (Lipinski definition) is 1. The van der Waals surface area contributed by atoms with Crippen molar-refractivity contribution >= 4 is 17.0 Å². The molecule has 0 unspecified atom stereocenters. The SMILES string of the molecule is Cc1cc2ncn(Cc3cc(C(=O)O)oc3C)c2cc1C. The Kier molecular flexibility index (Phi) is 3.05. The van der Waals surface area contributed by atoms with Gasteiger partial charge in [0.05, 0.1) is 23.9 Å². The third-order valence-electron chi connectivity index (χ3n) is 3.81. The number of hydrogen-bond acceptors (Lipinski definition) is 3. The molecular formula is C16H16N2O3. The van der Waals surface area contributed by atoms with Crippen molar-refractivity contribution in [2.24, 2.45) is 0 Å². The summed E-state index contributed by atoms with van der Waals surface area (Å²) in [5.74, 6) is -0.455. The molecule has 0 atom stereocenters. The minimum atomic E-state index is -1.05. The second-order valence-electron chi connectivity index (χ2n) is 5.29. The number of carbonyl (C=O) groups is 1. The summed E-state index contributed by atoms with van der Waals surface area (Å²) in [6.45, 7) is 6.45. The zero-order valence-corrected chi connectivity index (χ0v) is 12.2. The van der Waals surface area contributed by atoms with Gasteiger partial charge in [0, 0.05) is 5.56 Å². The summed E-state index contributed by atoms with van der Waals surface area (Å²) in [6, 6.07) is 5.74. The van der Waals surface area contributed by atoms with Crippen LogP contribution in [-0.4, -0.2) is 20.6 Å². The monoisotopic (exact) mass is 284 g/mol. The molecule has 0 saturated carbocycles. The van der Waals surface area contributed by atoms with Crippen molar-refractivity contribution in [1.29, 1.82) is 0 Å². The maximum absolute atomic E-state index is 11.0. The van der Waals surface area contributed by atoms with Crippen molar-refractivity contribution in [3.05, 3.63) is 52.7 Å². The summed E-state index contributed by atoms with van der Waals surface area (Å²) in [5.41, 5.74) is 5.25. The van der Waals surface area contributed by atoms with E-state index in [2.05, 4.69) is 31.0 Å². The fourth-order valence-corrected chi connectivity index (χ4v) is 2.40. The largest absolute Gasteiger partial charge is 0.475 e. The molecule has 3 aromatic rings. The summed E-state index contributed by atoms with van der Waals surface area (Å²) in [5, 5.41) is 8.97. The molecule has 2 heterocycles. The van der Waals surface area contributed by atoms with Crippen LogP contribution < -0.4 is 0 Å². The fourth-order valence-electron chi connectivity index (χ4n) is 2.40. The fraction of sp³-hybridized carbons (Fsp3) is 0.250. The first-order valence-corrected chi connectivity index (χ1v) is 6.70. The average Bonchev–Trinajstić information content (AvgIpc) is 2.97. The molecule has 108 valence electrons. The number of nitrogens with zero attached hydrogens (tertiary/aromatic N) is 2. The molecule has 2 aromatic heterocycles. The van der Waals surface area contributed by atoms with Crippen LogP contribution in [0.2, 0.25) is 0 Å². The van der Waals surface area contributed by atoms with Gasteiger partial charge in [-0.1, -0.05) is 0 Å². The molecule has 0 amide bonds. The number of aromatic carboxylic acids is 1. The van der Waals surface area contributed by atoms with Crippen LogP contribution in [0.15, 0.2) is 28.9 Å². The quantitative estimate of drug-likeness (QED) is 0.801. The number of rotatable bonds is 3. The summed E-state index contributed by atoms with van der Waals surface area (Å²) in [6.07, 6.45) is 1.77. The van der Waals surface area contributed by atoms with E-state index in [0.717, 1.165) is 16.6 Å². The zero-order valence-electron chi connectivity index (χ0n) is 12.2. The van der Waals surface area contributed by atoms with Crippen LogP contribution in [0.1, 0.15) is 33.0 Å². The molecule has 3 rings (SSSR count). The number of fused-ring (bicyclic) bond motifs is 1. The molecule has 5 heteroatoms. The second-order valence-corrected chi connectivity index (χ2v) is 5.29. The van der Waals surface area contributed by atoms with Crippen molar-refractivity contribution in [3.8, 4) is 0 Å². The van der Waals surface area contributed by atoms with E-state index in [1.807, 2.05) is 4.57 Å². The predicted molar refractivity (Wildman–Crippen MR) is 78.7 cm³/mol. The molecule has 0 fully saturated rings. The maximum atomic E-state index is 11.0. The number of carboxylic acids is 1. The Bertz CT molecular complexity index is 843. The van der Waals surface area contributed by atoms with Gasteiger partial charge in [-0.15, -0.1) is 0 Å². The molecule has 0 radical (unpaired) electrons. The molecule has 0 aliphatic heterocycles. The lowest BCUT2D eigenvalue weighted by molar-refractivity contribution is 0.0661. The standard InChI is InChI=1S/C16H16N2O3/c1-9-4-13-14(5-10(9)2)18(8-17-13)7-12-6-15(16(19)20)21-11(12)3/h4-6,8H,7H2,1-3H3,(H,19,20). The van der Waals surface area contributed by atoms with Gasteiger partial charge in [-0.25, -0.2) is 9.78 Å². The van der Waals surface area contributed by atoms with Gasteiger partial charge in [-0.05, 0) is 50.1 Å². The van der Waals surface area contributed by atoms with Crippen molar-refractivity contribution in [3.63, 3.8) is 0 Å². The van der Waals surface area contributed by atoms with Gasteiger partial charge < -0.3 is 14.1 Å². The zero-order chi connectivity index (χ0) is 15.1. The molecule has 5 nitrogen and oxygen atoms in total. The lowest BCUT2D eigenvalue weighted by Crippen LogP contribution is -1.99. The lowest BCUT2D eigenvalue weighted by atomic mass is 10.1. The number of benzene rings is 1. The Morgan fingerprint density at radius 2 is 1.95 bits per heavy atom. The van der Waals surface area contributed by atoms with Gasteiger partial charge in [-0.2, -0.15) is 0 Å². The first kappa shape index (κ1) is 13.4. The topological polar surface area (TPSA) is 68.3 Å². The van der Waals surface area contributed by atoms with Crippen molar-refractivity contribution in [1.82, 2.24) is 9.55 Å². The Labute approximate surface area is 121 Å². The average molecular weight is 284 g/mol. The summed E-state index contributed by atoms with van der Waals surface area (Å²) < 4.78 is 7.25. The highest BCUT2D eigenvalue weighted by atomic mass is 16.4. The number of carboxylic acid groups (broad SMARTS) is 1. The van der Waals surface area contributed by atoms with Crippen LogP contribution in [0.25, 0.3) is 11.0 Å². The van der Waals surface area contributed by atoms with Crippen molar-refractivity contribution < 1.29 is 14.3 Å². The van der Waals surface area contributed by atoms with Crippen LogP contribution in [0.3, 0.4) is 0 Å². The molecule has 21 heavy (non-hydrogen) atoms.